The largest absolute Gasteiger partial charge is 0.411 e. The zero-order valence-corrected chi connectivity index (χ0v) is 7.21. The fraction of sp³-hybridized carbons (Fsp3) is 0.600. The van der Waals surface area contributed by atoms with Crippen molar-refractivity contribution in [2.24, 2.45) is 0 Å². The lowest BCUT2D eigenvalue weighted by molar-refractivity contribution is 0.368. The van der Waals surface area contributed by atoms with Crippen molar-refractivity contribution >= 4 is 10.1 Å². The molecule has 0 atom stereocenters. The van der Waals surface area contributed by atoms with Crippen LogP contribution in [-0.2, 0) is 16.5 Å². The first-order chi connectivity index (χ1) is 5.54. The van der Waals surface area contributed by atoms with Gasteiger partial charge in [-0.1, -0.05) is 12.0 Å². The van der Waals surface area contributed by atoms with Crippen LogP contribution < -0.4 is 0 Å². The van der Waals surface area contributed by atoms with Crippen LogP contribution in [0, 0.1) is 0 Å². The lowest BCUT2D eigenvalue weighted by atomic mass is 10.3. The van der Waals surface area contributed by atoms with Crippen molar-refractivity contribution in [2.75, 3.05) is 0 Å². The summed E-state index contributed by atoms with van der Waals surface area (Å²) in [7, 11) is -4.34. The highest BCUT2D eigenvalue weighted by atomic mass is 32.2. The minimum Gasteiger partial charge on any atom is -0.411 e. The first kappa shape index (κ1) is 9.14. The Bertz CT molecular complexity index is 355. The van der Waals surface area contributed by atoms with E-state index in [0.717, 1.165) is 6.42 Å². The number of nitrogens with zero attached hydrogens (tertiary/aromatic N) is 2. The third kappa shape index (κ3) is 2.02. The Morgan fingerprint density at radius 1 is 1.50 bits per heavy atom. The molecule has 6 nitrogen and oxygen atoms in total. The van der Waals surface area contributed by atoms with Crippen LogP contribution in [0.1, 0.15) is 19.2 Å². The normalized spacial score (nSPS) is 11.8. The highest BCUT2D eigenvalue weighted by Gasteiger charge is 2.18. The van der Waals surface area contributed by atoms with Crippen LogP contribution in [0.25, 0.3) is 0 Å². The van der Waals surface area contributed by atoms with Crippen molar-refractivity contribution in [3.8, 4) is 0 Å². The predicted octanol–water partition coefficient (Wildman–Crippen LogP) is 0.269. The Kier molecular flexibility index (Phi) is 2.43. The maximum Gasteiger partial charge on any atom is 0.363 e. The first-order valence-corrected chi connectivity index (χ1v) is 4.78. The molecule has 0 spiro atoms. The Labute approximate surface area is 69.4 Å². The van der Waals surface area contributed by atoms with Crippen LogP contribution >= 0.6 is 0 Å². The van der Waals surface area contributed by atoms with Crippen LogP contribution in [0.3, 0.4) is 0 Å². The van der Waals surface area contributed by atoms with Crippen molar-refractivity contribution in [1.29, 1.82) is 0 Å². The molecule has 0 aliphatic rings. The zero-order valence-electron chi connectivity index (χ0n) is 6.39. The predicted molar refractivity (Wildman–Crippen MR) is 38.1 cm³/mol. The Morgan fingerprint density at radius 2 is 2.17 bits per heavy atom. The molecule has 7 heteroatoms. The highest BCUT2D eigenvalue weighted by Crippen LogP contribution is 2.07. The van der Waals surface area contributed by atoms with Crippen molar-refractivity contribution in [1.82, 2.24) is 10.2 Å². The first-order valence-electron chi connectivity index (χ1n) is 3.34. The molecule has 0 aromatic carbocycles. The minimum atomic E-state index is -4.34. The quantitative estimate of drug-likeness (QED) is 0.691. The molecule has 1 rings (SSSR count). The van der Waals surface area contributed by atoms with Crippen LogP contribution in [0.2, 0.25) is 0 Å². The maximum absolute atomic E-state index is 10.4. The molecule has 1 N–H and O–H groups in total. The van der Waals surface area contributed by atoms with Gasteiger partial charge in [0.1, 0.15) is 0 Å². The number of hydrogen-bond donors (Lipinski definition) is 1. The molecule has 0 unspecified atom stereocenters. The Balaban J connectivity index is 2.92. The summed E-state index contributed by atoms with van der Waals surface area (Å²) in [5, 5.41) is 5.82. The van der Waals surface area contributed by atoms with E-state index in [-0.39, 0.29) is 5.89 Å². The van der Waals surface area contributed by atoms with Gasteiger partial charge in [-0.15, -0.1) is 5.10 Å². The molecule has 0 saturated carbocycles. The summed E-state index contributed by atoms with van der Waals surface area (Å²) in [5.41, 5.74) is 0. The third-order valence-corrected chi connectivity index (χ3v) is 1.74. The van der Waals surface area contributed by atoms with Gasteiger partial charge in [0, 0.05) is 6.42 Å². The van der Waals surface area contributed by atoms with Crippen LogP contribution in [0.5, 0.6) is 0 Å². The SMILES string of the molecule is CCCc1nnc(S(=O)(=O)O)o1. The molecule has 0 radical (unpaired) electrons. The fourth-order valence-electron chi connectivity index (χ4n) is 0.657. The molecule has 0 amide bonds. The molecule has 68 valence electrons. The standard InChI is InChI=1S/C5H8N2O4S/c1-2-3-4-6-7-5(11-4)12(8,9)10/h2-3H2,1H3,(H,8,9,10). The van der Waals surface area contributed by atoms with Gasteiger partial charge in [0.25, 0.3) is 0 Å². The van der Waals surface area contributed by atoms with Gasteiger partial charge in [-0.3, -0.25) is 4.55 Å². The summed E-state index contributed by atoms with van der Waals surface area (Å²) in [6, 6.07) is 0. The summed E-state index contributed by atoms with van der Waals surface area (Å²) in [6.07, 6.45) is 1.27. The van der Waals surface area contributed by atoms with Gasteiger partial charge < -0.3 is 4.42 Å². The Morgan fingerprint density at radius 3 is 2.58 bits per heavy atom. The van der Waals surface area contributed by atoms with E-state index in [2.05, 4.69) is 14.6 Å². The number of hydrogen-bond acceptors (Lipinski definition) is 5. The molecule has 0 bridgehead atoms. The molecule has 0 saturated heterocycles. The van der Waals surface area contributed by atoms with Gasteiger partial charge in [0.15, 0.2) is 0 Å². The smallest absolute Gasteiger partial charge is 0.363 e. The third-order valence-electron chi connectivity index (χ3n) is 1.13. The van der Waals surface area contributed by atoms with Gasteiger partial charge in [0.05, 0.1) is 0 Å². The second-order valence-corrected chi connectivity index (χ2v) is 3.49. The average Bonchev–Trinajstić information content (AvgIpc) is 2.35. The summed E-state index contributed by atoms with van der Waals surface area (Å²) >= 11 is 0. The van der Waals surface area contributed by atoms with E-state index in [1.165, 1.54) is 0 Å². The van der Waals surface area contributed by atoms with E-state index >= 15 is 0 Å². The molecule has 1 aromatic heterocycles. The molecule has 1 heterocycles. The molecule has 1 aromatic rings. The monoisotopic (exact) mass is 192 g/mol. The fourth-order valence-corrected chi connectivity index (χ4v) is 1.00. The number of aryl methyl sites for hydroxylation is 1. The molecular formula is C5H8N2O4S. The lowest BCUT2D eigenvalue weighted by Crippen LogP contribution is -1.97. The summed E-state index contributed by atoms with van der Waals surface area (Å²) in [4.78, 5) is 0. The van der Waals surface area contributed by atoms with Gasteiger partial charge in [-0.2, -0.15) is 8.42 Å². The van der Waals surface area contributed by atoms with Gasteiger partial charge in [-0.05, 0) is 6.42 Å². The van der Waals surface area contributed by atoms with Crippen LogP contribution in [0.4, 0.5) is 0 Å². The average molecular weight is 192 g/mol. The van der Waals surface area contributed by atoms with E-state index < -0.39 is 15.3 Å². The lowest BCUT2D eigenvalue weighted by Gasteiger charge is -1.86. The molecule has 0 aliphatic carbocycles. The van der Waals surface area contributed by atoms with Crippen molar-refractivity contribution < 1.29 is 17.4 Å². The molecular weight excluding hydrogens is 184 g/mol. The zero-order chi connectivity index (χ0) is 9.19. The Hall–Kier alpha value is -0.950. The highest BCUT2D eigenvalue weighted by molar-refractivity contribution is 7.85. The molecule has 0 aliphatic heterocycles. The van der Waals surface area contributed by atoms with E-state index in [4.69, 9.17) is 4.55 Å². The summed E-state index contributed by atoms with van der Waals surface area (Å²) in [6.45, 7) is 1.89. The van der Waals surface area contributed by atoms with E-state index in [0.29, 0.717) is 6.42 Å². The number of aromatic nitrogens is 2. The number of rotatable bonds is 3. The van der Waals surface area contributed by atoms with Gasteiger partial charge >= 0.3 is 15.3 Å². The summed E-state index contributed by atoms with van der Waals surface area (Å²) < 4.78 is 33.9. The summed E-state index contributed by atoms with van der Waals surface area (Å²) in [5.74, 6) is 0.213. The second-order valence-electron chi connectivity index (χ2n) is 2.19. The second kappa shape index (κ2) is 3.20. The maximum atomic E-state index is 10.4. The van der Waals surface area contributed by atoms with Crippen molar-refractivity contribution in [3.63, 3.8) is 0 Å². The van der Waals surface area contributed by atoms with E-state index in [9.17, 15) is 8.42 Å². The van der Waals surface area contributed by atoms with E-state index in [1.54, 1.807) is 0 Å². The van der Waals surface area contributed by atoms with Gasteiger partial charge in [0.2, 0.25) is 5.89 Å². The molecule has 0 fully saturated rings. The van der Waals surface area contributed by atoms with Crippen LogP contribution in [-0.4, -0.2) is 23.2 Å². The van der Waals surface area contributed by atoms with Crippen LogP contribution in [0.15, 0.2) is 9.64 Å². The van der Waals surface area contributed by atoms with Crippen molar-refractivity contribution in [2.45, 2.75) is 25.0 Å². The minimum absolute atomic E-state index is 0.213. The van der Waals surface area contributed by atoms with Crippen molar-refractivity contribution in [3.05, 3.63) is 5.89 Å². The molecule has 12 heavy (non-hydrogen) atoms. The van der Waals surface area contributed by atoms with Gasteiger partial charge in [-0.25, -0.2) is 0 Å². The van der Waals surface area contributed by atoms with E-state index in [1.807, 2.05) is 6.92 Å². The topological polar surface area (TPSA) is 93.3 Å².